The summed E-state index contributed by atoms with van der Waals surface area (Å²) in [5.41, 5.74) is 2.33. The maximum atomic E-state index is 8.83. The zero-order valence-corrected chi connectivity index (χ0v) is 6.33. The molecule has 0 bridgehead atoms. The zero-order chi connectivity index (χ0) is 8.27. The second-order valence-corrected chi connectivity index (χ2v) is 2.36. The molecule has 1 rings (SSSR count). The van der Waals surface area contributed by atoms with Crippen molar-refractivity contribution in [1.82, 2.24) is 0 Å². The monoisotopic (exact) mass is 147 g/mol. The highest BCUT2D eigenvalue weighted by Gasteiger charge is 2.00. The number of rotatable bonds is 1. The van der Waals surface area contributed by atoms with E-state index in [1.165, 1.54) is 0 Å². The average molecular weight is 147 g/mol. The minimum absolute atomic E-state index is 0.00134. The van der Waals surface area contributed by atoms with Crippen molar-refractivity contribution >= 4 is 0 Å². The van der Waals surface area contributed by atoms with Gasteiger partial charge in [0.15, 0.2) is 0 Å². The lowest BCUT2D eigenvalue weighted by Crippen LogP contribution is -1.90. The highest BCUT2D eigenvalue weighted by atomic mass is 16.3. The summed E-state index contributed by atoms with van der Waals surface area (Å²) in [6.45, 7) is 1.84. The molecule has 0 unspecified atom stereocenters. The Morgan fingerprint density at radius 2 is 2.27 bits per heavy atom. The summed E-state index contributed by atoms with van der Waals surface area (Å²) in [7, 11) is 0. The van der Waals surface area contributed by atoms with E-state index >= 15 is 0 Å². The van der Waals surface area contributed by atoms with Gasteiger partial charge in [-0.15, -0.1) is 0 Å². The highest BCUT2D eigenvalue weighted by Crippen LogP contribution is 2.11. The second-order valence-electron chi connectivity index (χ2n) is 2.36. The molecule has 56 valence electrons. The molecule has 0 amide bonds. The molecule has 0 aliphatic rings. The van der Waals surface area contributed by atoms with Crippen LogP contribution in [0.3, 0.4) is 0 Å². The van der Waals surface area contributed by atoms with E-state index < -0.39 is 0 Å². The second kappa shape index (κ2) is 3.18. The number of hydrogen-bond acceptors (Lipinski definition) is 2. The van der Waals surface area contributed by atoms with Crippen LogP contribution >= 0.6 is 0 Å². The molecule has 0 spiro atoms. The van der Waals surface area contributed by atoms with Gasteiger partial charge >= 0.3 is 0 Å². The predicted octanol–water partition coefficient (Wildman–Crippen LogP) is 1.36. The van der Waals surface area contributed by atoms with Crippen LogP contribution < -0.4 is 0 Å². The van der Waals surface area contributed by atoms with Crippen molar-refractivity contribution in [3.8, 4) is 6.07 Å². The molecule has 0 aliphatic carbocycles. The third-order valence-electron chi connectivity index (χ3n) is 1.74. The van der Waals surface area contributed by atoms with Crippen LogP contribution in [0.4, 0.5) is 0 Å². The number of nitrogens with zero attached hydrogens (tertiary/aromatic N) is 1. The molecule has 1 aromatic carbocycles. The van der Waals surface area contributed by atoms with Crippen LogP contribution in [0.5, 0.6) is 0 Å². The number of benzene rings is 1. The molecular weight excluding hydrogens is 138 g/mol. The first-order valence-electron chi connectivity index (χ1n) is 3.39. The maximum absolute atomic E-state index is 8.83. The summed E-state index contributed by atoms with van der Waals surface area (Å²) >= 11 is 0. The Morgan fingerprint density at radius 1 is 1.55 bits per heavy atom. The van der Waals surface area contributed by atoms with Crippen LogP contribution in [0.1, 0.15) is 16.7 Å². The predicted molar refractivity (Wildman–Crippen MR) is 41.8 cm³/mol. The van der Waals surface area contributed by atoms with Gasteiger partial charge < -0.3 is 5.11 Å². The highest BCUT2D eigenvalue weighted by molar-refractivity contribution is 5.41. The minimum Gasteiger partial charge on any atom is -0.392 e. The summed E-state index contributed by atoms with van der Waals surface area (Å²) in [5, 5.41) is 17.4. The Bertz CT molecular complexity index is 299. The van der Waals surface area contributed by atoms with Crippen LogP contribution in [-0.2, 0) is 6.61 Å². The third kappa shape index (κ3) is 1.39. The number of aliphatic hydroxyl groups is 1. The van der Waals surface area contributed by atoms with Gasteiger partial charge in [0.05, 0.1) is 18.2 Å². The summed E-state index contributed by atoms with van der Waals surface area (Å²) in [6, 6.07) is 7.39. The molecule has 2 heteroatoms. The quantitative estimate of drug-likeness (QED) is 0.651. The molecular formula is C9H9NO. The molecule has 2 nitrogen and oxygen atoms in total. The molecule has 0 radical (unpaired) electrons. The molecule has 0 saturated carbocycles. The summed E-state index contributed by atoms with van der Waals surface area (Å²) in [4.78, 5) is 0. The molecule has 1 N–H and O–H groups in total. The van der Waals surface area contributed by atoms with Gasteiger partial charge in [0, 0.05) is 0 Å². The van der Waals surface area contributed by atoms with Crippen molar-refractivity contribution in [3.05, 3.63) is 34.9 Å². The lowest BCUT2D eigenvalue weighted by molar-refractivity contribution is 0.281. The molecule has 11 heavy (non-hydrogen) atoms. The van der Waals surface area contributed by atoms with Crippen LogP contribution in [0, 0.1) is 18.3 Å². The van der Waals surface area contributed by atoms with Gasteiger partial charge in [0.1, 0.15) is 0 Å². The Kier molecular flexibility index (Phi) is 2.25. The maximum Gasteiger partial charge on any atom is 0.0994 e. The smallest absolute Gasteiger partial charge is 0.0994 e. The summed E-state index contributed by atoms with van der Waals surface area (Å²) in [5.74, 6) is 0. The topological polar surface area (TPSA) is 44.0 Å². The van der Waals surface area contributed by atoms with Crippen molar-refractivity contribution < 1.29 is 5.11 Å². The van der Waals surface area contributed by atoms with Gasteiger partial charge in [-0.3, -0.25) is 0 Å². The van der Waals surface area contributed by atoms with E-state index in [9.17, 15) is 0 Å². The lowest BCUT2D eigenvalue weighted by Gasteiger charge is -2.01. The summed E-state index contributed by atoms with van der Waals surface area (Å²) < 4.78 is 0. The third-order valence-corrected chi connectivity index (χ3v) is 1.74. The molecule has 1 aromatic rings. The number of hydrogen-bond donors (Lipinski definition) is 1. The van der Waals surface area contributed by atoms with Crippen LogP contribution in [0.15, 0.2) is 18.2 Å². The molecule has 0 atom stereocenters. The van der Waals surface area contributed by atoms with Crippen LogP contribution in [-0.4, -0.2) is 5.11 Å². The average Bonchev–Trinajstić information content (AvgIpc) is 2.05. The molecule has 0 heterocycles. The van der Waals surface area contributed by atoms with Crippen molar-refractivity contribution in [1.29, 1.82) is 5.26 Å². The van der Waals surface area contributed by atoms with Crippen molar-refractivity contribution in [3.63, 3.8) is 0 Å². The fraction of sp³-hybridized carbons (Fsp3) is 0.222. The Hall–Kier alpha value is -1.33. The van der Waals surface area contributed by atoms with E-state index in [1.807, 2.05) is 13.0 Å². The van der Waals surface area contributed by atoms with Gasteiger partial charge in [-0.2, -0.15) is 5.26 Å². The van der Waals surface area contributed by atoms with Crippen molar-refractivity contribution in [2.75, 3.05) is 0 Å². The number of nitriles is 1. The standard InChI is InChI=1S/C9H9NO/c1-7-8(5-10)3-2-4-9(7)6-11/h2-4,11H,6H2,1H3. The van der Waals surface area contributed by atoms with Crippen LogP contribution in [0.2, 0.25) is 0 Å². The Labute approximate surface area is 65.7 Å². The lowest BCUT2D eigenvalue weighted by atomic mass is 10.0. The van der Waals surface area contributed by atoms with Crippen molar-refractivity contribution in [2.45, 2.75) is 13.5 Å². The number of aliphatic hydroxyl groups excluding tert-OH is 1. The van der Waals surface area contributed by atoms with Gasteiger partial charge in [-0.25, -0.2) is 0 Å². The molecule has 0 aliphatic heterocycles. The van der Waals surface area contributed by atoms with Crippen LogP contribution in [0.25, 0.3) is 0 Å². The van der Waals surface area contributed by atoms with E-state index in [1.54, 1.807) is 12.1 Å². The van der Waals surface area contributed by atoms with E-state index in [0.29, 0.717) is 5.56 Å². The fourth-order valence-electron chi connectivity index (χ4n) is 0.976. The molecule has 0 fully saturated rings. The fourth-order valence-corrected chi connectivity index (χ4v) is 0.976. The van der Waals surface area contributed by atoms with E-state index in [2.05, 4.69) is 6.07 Å². The van der Waals surface area contributed by atoms with Gasteiger partial charge in [-0.1, -0.05) is 12.1 Å². The van der Waals surface area contributed by atoms with Gasteiger partial charge in [0.25, 0.3) is 0 Å². The normalized spacial score (nSPS) is 9.18. The zero-order valence-electron chi connectivity index (χ0n) is 6.33. The van der Waals surface area contributed by atoms with E-state index in [0.717, 1.165) is 11.1 Å². The Balaban J connectivity index is 3.23. The summed E-state index contributed by atoms with van der Waals surface area (Å²) in [6.07, 6.45) is 0. The van der Waals surface area contributed by atoms with Crippen molar-refractivity contribution in [2.24, 2.45) is 0 Å². The largest absolute Gasteiger partial charge is 0.392 e. The Morgan fingerprint density at radius 3 is 2.82 bits per heavy atom. The molecule has 0 aromatic heterocycles. The first kappa shape index (κ1) is 7.77. The minimum atomic E-state index is 0.00134. The first-order chi connectivity index (χ1) is 5.29. The van der Waals surface area contributed by atoms with Gasteiger partial charge in [-0.05, 0) is 24.1 Å². The SMILES string of the molecule is Cc1c(C#N)cccc1CO. The van der Waals surface area contributed by atoms with Gasteiger partial charge in [0.2, 0.25) is 0 Å². The van der Waals surface area contributed by atoms with E-state index in [-0.39, 0.29) is 6.61 Å². The van der Waals surface area contributed by atoms with E-state index in [4.69, 9.17) is 10.4 Å². The first-order valence-corrected chi connectivity index (χ1v) is 3.39. The molecule has 0 saturated heterocycles.